The van der Waals surface area contributed by atoms with E-state index in [-0.39, 0.29) is 11.8 Å². The minimum absolute atomic E-state index is 0.134. The van der Waals surface area contributed by atoms with Crippen LogP contribution in [0.5, 0.6) is 5.75 Å². The van der Waals surface area contributed by atoms with Crippen molar-refractivity contribution in [1.82, 2.24) is 9.80 Å². The molecule has 1 heterocycles. The average Bonchev–Trinajstić information content (AvgIpc) is 3.41. The van der Waals surface area contributed by atoms with Crippen LogP contribution in [0, 0.1) is 11.3 Å². The fourth-order valence-electron chi connectivity index (χ4n) is 4.56. The maximum Gasteiger partial charge on any atom is 0.227 e. The first-order valence-electron chi connectivity index (χ1n) is 9.81. The van der Waals surface area contributed by atoms with Gasteiger partial charge in [-0.1, -0.05) is 18.6 Å². The SMILES string of the molecule is COc1cccc(CC(=O)N2CCCN(C(=O)C3CC34CCC4)CC2)c1. The average molecular weight is 356 g/mol. The van der Waals surface area contributed by atoms with Gasteiger partial charge >= 0.3 is 0 Å². The van der Waals surface area contributed by atoms with Crippen LogP contribution >= 0.6 is 0 Å². The van der Waals surface area contributed by atoms with E-state index in [9.17, 15) is 9.59 Å². The normalized spacial score (nSPS) is 24.0. The number of carbonyl (C=O) groups is 2. The molecule has 0 radical (unpaired) electrons. The Morgan fingerprint density at radius 2 is 1.88 bits per heavy atom. The molecule has 3 aliphatic rings. The van der Waals surface area contributed by atoms with Crippen molar-refractivity contribution >= 4 is 11.8 Å². The number of amides is 2. The van der Waals surface area contributed by atoms with E-state index in [0.717, 1.165) is 37.2 Å². The van der Waals surface area contributed by atoms with Gasteiger partial charge in [0.05, 0.1) is 13.5 Å². The molecule has 1 aromatic carbocycles. The first-order valence-corrected chi connectivity index (χ1v) is 9.81. The molecule has 0 N–H and O–H groups in total. The molecule has 0 bridgehead atoms. The highest BCUT2D eigenvalue weighted by atomic mass is 16.5. The van der Waals surface area contributed by atoms with Crippen molar-refractivity contribution in [3.05, 3.63) is 29.8 Å². The van der Waals surface area contributed by atoms with Crippen LogP contribution in [0.3, 0.4) is 0 Å². The third kappa shape index (κ3) is 3.31. The van der Waals surface area contributed by atoms with Crippen LogP contribution in [0.2, 0.25) is 0 Å². The van der Waals surface area contributed by atoms with E-state index in [1.54, 1.807) is 7.11 Å². The number of ether oxygens (including phenoxy) is 1. The Balaban J connectivity index is 1.31. The zero-order valence-corrected chi connectivity index (χ0v) is 15.6. The van der Waals surface area contributed by atoms with Gasteiger partial charge in [-0.05, 0) is 48.8 Å². The summed E-state index contributed by atoms with van der Waals surface area (Å²) < 4.78 is 5.23. The first kappa shape index (κ1) is 17.4. The third-order valence-corrected chi connectivity index (χ3v) is 6.49. The van der Waals surface area contributed by atoms with Crippen molar-refractivity contribution in [2.24, 2.45) is 11.3 Å². The molecular formula is C21H28N2O3. The van der Waals surface area contributed by atoms with Crippen LogP contribution in [0.25, 0.3) is 0 Å². The van der Waals surface area contributed by atoms with Crippen molar-refractivity contribution in [3.8, 4) is 5.75 Å². The van der Waals surface area contributed by atoms with Gasteiger partial charge in [-0.25, -0.2) is 0 Å². The minimum Gasteiger partial charge on any atom is -0.497 e. The molecular weight excluding hydrogens is 328 g/mol. The number of methoxy groups -OCH3 is 1. The lowest BCUT2D eigenvalue weighted by Crippen LogP contribution is -2.39. The Bertz CT molecular complexity index is 698. The van der Waals surface area contributed by atoms with Gasteiger partial charge in [-0.15, -0.1) is 0 Å². The molecule has 1 aromatic rings. The van der Waals surface area contributed by atoms with Crippen molar-refractivity contribution in [1.29, 1.82) is 0 Å². The number of hydrogen-bond donors (Lipinski definition) is 0. The first-order chi connectivity index (χ1) is 12.6. The van der Waals surface area contributed by atoms with Gasteiger partial charge in [0.15, 0.2) is 0 Å². The maximum atomic E-state index is 12.8. The third-order valence-electron chi connectivity index (χ3n) is 6.49. The van der Waals surface area contributed by atoms with Gasteiger partial charge in [0.25, 0.3) is 0 Å². The Labute approximate surface area is 155 Å². The van der Waals surface area contributed by atoms with E-state index in [4.69, 9.17) is 4.74 Å². The Morgan fingerprint density at radius 3 is 2.58 bits per heavy atom. The van der Waals surface area contributed by atoms with E-state index in [1.807, 2.05) is 34.1 Å². The van der Waals surface area contributed by atoms with Crippen molar-refractivity contribution in [3.63, 3.8) is 0 Å². The van der Waals surface area contributed by atoms with Crippen molar-refractivity contribution in [2.75, 3.05) is 33.3 Å². The number of hydrogen-bond acceptors (Lipinski definition) is 3. The van der Waals surface area contributed by atoms with Crippen molar-refractivity contribution < 1.29 is 14.3 Å². The zero-order chi connectivity index (χ0) is 18.1. The van der Waals surface area contributed by atoms with Gasteiger partial charge in [-0.2, -0.15) is 0 Å². The summed E-state index contributed by atoms with van der Waals surface area (Å²) in [6.07, 6.45) is 6.12. The predicted octanol–water partition coefficient (Wildman–Crippen LogP) is 2.49. The lowest BCUT2D eigenvalue weighted by Gasteiger charge is -2.28. The van der Waals surface area contributed by atoms with E-state index in [1.165, 1.54) is 19.3 Å². The summed E-state index contributed by atoms with van der Waals surface area (Å²) in [5, 5.41) is 0. The van der Waals surface area contributed by atoms with Crippen LogP contribution in [0.15, 0.2) is 24.3 Å². The molecule has 4 rings (SSSR count). The highest BCUT2D eigenvalue weighted by molar-refractivity contribution is 5.83. The summed E-state index contributed by atoms with van der Waals surface area (Å²) in [6, 6.07) is 7.67. The second-order valence-corrected chi connectivity index (χ2v) is 8.06. The van der Waals surface area contributed by atoms with Gasteiger partial charge in [0.1, 0.15) is 5.75 Å². The van der Waals surface area contributed by atoms with Crippen molar-refractivity contribution in [2.45, 2.75) is 38.5 Å². The fraction of sp³-hybridized carbons (Fsp3) is 0.619. The maximum absolute atomic E-state index is 12.8. The minimum atomic E-state index is 0.134. The Hall–Kier alpha value is -2.04. The van der Waals surface area contributed by atoms with Crippen LogP contribution in [-0.2, 0) is 16.0 Å². The summed E-state index contributed by atoms with van der Waals surface area (Å²) >= 11 is 0. The predicted molar refractivity (Wildman–Crippen MR) is 98.9 cm³/mol. The van der Waals surface area contributed by atoms with Gasteiger partial charge in [-0.3, -0.25) is 9.59 Å². The van der Waals surface area contributed by atoms with E-state index in [2.05, 4.69) is 0 Å². The summed E-state index contributed by atoms with van der Waals surface area (Å²) in [5.41, 5.74) is 1.35. The lowest BCUT2D eigenvalue weighted by molar-refractivity contribution is -0.135. The second-order valence-electron chi connectivity index (χ2n) is 8.06. The molecule has 3 fully saturated rings. The zero-order valence-electron chi connectivity index (χ0n) is 15.6. The lowest BCUT2D eigenvalue weighted by atomic mass is 9.79. The summed E-state index contributed by atoms with van der Waals surface area (Å²) in [5.74, 6) is 1.52. The summed E-state index contributed by atoms with van der Waals surface area (Å²) in [4.78, 5) is 29.4. The highest BCUT2D eigenvalue weighted by Crippen LogP contribution is 2.65. The quantitative estimate of drug-likeness (QED) is 0.833. The molecule has 5 nitrogen and oxygen atoms in total. The molecule has 2 amide bonds. The number of rotatable bonds is 4. The molecule has 1 atom stereocenters. The Morgan fingerprint density at radius 1 is 1.12 bits per heavy atom. The standard InChI is InChI=1S/C21H28N2O3/c1-26-17-6-2-5-16(13-17)14-19(24)22-9-4-10-23(12-11-22)20(25)18-15-21(18)7-3-8-21/h2,5-6,13,18H,3-4,7-12,14-15H2,1H3. The summed E-state index contributed by atoms with van der Waals surface area (Å²) in [6.45, 7) is 2.85. The smallest absolute Gasteiger partial charge is 0.227 e. The molecule has 1 aliphatic heterocycles. The molecule has 1 spiro atoms. The number of carbonyl (C=O) groups excluding carboxylic acids is 2. The number of benzene rings is 1. The van der Waals surface area contributed by atoms with Gasteiger partial charge in [0, 0.05) is 32.1 Å². The topological polar surface area (TPSA) is 49.9 Å². The molecule has 2 aliphatic carbocycles. The molecule has 26 heavy (non-hydrogen) atoms. The fourth-order valence-corrected chi connectivity index (χ4v) is 4.56. The van der Waals surface area contributed by atoms with Gasteiger partial charge < -0.3 is 14.5 Å². The van der Waals surface area contributed by atoms with Crippen LogP contribution in [-0.4, -0.2) is 54.9 Å². The highest BCUT2D eigenvalue weighted by Gasteiger charge is 2.61. The molecule has 2 saturated carbocycles. The molecule has 140 valence electrons. The van der Waals surface area contributed by atoms with Gasteiger partial charge in [0.2, 0.25) is 11.8 Å². The van der Waals surface area contributed by atoms with E-state index < -0.39 is 0 Å². The van der Waals surface area contributed by atoms with E-state index in [0.29, 0.717) is 30.8 Å². The monoisotopic (exact) mass is 356 g/mol. The summed E-state index contributed by atoms with van der Waals surface area (Å²) in [7, 11) is 1.63. The van der Waals surface area contributed by atoms with Crippen LogP contribution < -0.4 is 4.74 Å². The molecule has 0 aromatic heterocycles. The molecule has 1 saturated heterocycles. The molecule has 5 heteroatoms. The van der Waals surface area contributed by atoms with Crippen LogP contribution in [0.1, 0.15) is 37.7 Å². The van der Waals surface area contributed by atoms with Crippen LogP contribution in [0.4, 0.5) is 0 Å². The Kier molecular flexibility index (Phi) is 4.63. The number of nitrogens with zero attached hydrogens (tertiary/aromatic N) is 2. The second kappa shape index (κ2) is 6.93. The van der Waals surface area contributed by atoms with E-state index >= 15 is 0 Å². The largest absolute Gasteiger partial charge is 0.497 e. The molecule has 1 unspecified atom stereocenters.